The van der Waals surface area contributed by atoms with Crippen LogP contribution in [-0.2, 0) is 24.4 Å². The summed E-state index contributed by atoms with van der Waals surface area (Å²) in [6, 6.07) is 30.0. The molecular weight excluding hydrogens is 457 g/mol. The van der Waals surface area contributed by atoms with Crippen LogP contribution in [0.2, 0.25) is 0 Å². The van der Waals surface area contributed by atoms with Crippen molar-refractivity contribution in [2.45, 2.75) is 19.7 Å². The van der Waals surface area contributed by atoms with Gasteiger partial charge in [0.25, 0.3) is 5.91 Å². The summed E-state index contributed by atoms with van der Waals surface area (Å²) in [6.45, 7) is 0.881. The highest BCUT2D eigenvalue weighted by molar-refractivity contribution is 5.94. The van der Waals surface area contributed by atoms with E-state index in [1.54, 1.807) is 59.5 Å². The first-order valence-corrected chi connectivity index (χ1v) is 11.5. The number of benzene rings is 4. The highest BCUT2D eigenvalue weighted by Gasteiger charge is 2.17. The molecule has 0 fully saturated rings. The molecule has 0 saturated carbocycles. The van der Waals surface area contributed by atoms with Gasteiger partial charge < -0.3 is 14.4 Å². The molecule has 0 N–H and O–H groups in total. The van der Waals surface area contributed by atoms with E-state index in [0.29, 0.717) is 35.5 Å². The molecule has 0 heterocycles. The predicted molar refractivity (Wildman–Crippen MR) is 135 cm³/mol. The zero-order valence-electron chi connectivity index (χ0n) is 19.9. The van der Waals surface area contributed by atoms with Crippen LogP contribution >= 0.6 is 0 Å². The van der Waals surface area contributed by atoms with Gasteiger partial charge in [0.2, 0.25) is 0 Å². The van der Waals surface area contributed by atoms with Gasteiger partial charge in [-0.1, -0.05) is 60.7 Å². The number of hydrogen-bond acceptors (Lipinski definition) is 4. The first kappa shape index (κ1) is 24.7. The number of nitrogens with zero attached hydrogens (tertiary/aromatic N) is 1. The van der Waals surface area contributed by atoms with Crippen LogP contribution in [0.4, 0.5) is 4.39 Å². The molecule has 6 heteroatoms. The van der Waals surface area contributed by atoms with E-state index in [0.717, 1.165) is 11.1 Å². The monoisotopic (exact) mass is 483 g/mol. The van der Waals surface area contributed by atoms with Crippen molar-refractivity contribution in [2.75, 3.05) is 7.11 Å². The summed E-state index contributed by atoms with van der Waals surface area (Å²) in [6.07, 6.45) is 0. The van der Waals surface area contributed by atoms with Gasteiger partial charge in [-0.2, -0.15) is 0 Å². The Kier molecular flexibility index (Phi) is 8.08. The second kappa shape index (κ2) is 11.8. The molecule has 36 heavy (non-hydrogen) atoms. The van der Waals surface area contributed by atoms with Crippen molar-refractivity contribution in [3.63, 3.8) is 0 Å². The first-order valence-electron chi connectivity index (χ1n) is 11.5. The minimum Gasteiger partial charge on any atom is -0.489 e. The molecule has 4 rings (SSSR count). The van der Waals surface area contributed by atoms with E-state index in [4.69, 9.17) is 9.47 Å². The van der Waals surface area contributed by atoms with Crippen molar-refractivity contribution in [2.24, 2.45) is 0 Å². The predicted octanol–water partition coefficient (Wildman–Crippen LogP) is 6.03. The van der Waals surface area contributed by atoms with Crippen molar-refractivity contribution < 1.29 is 23.5 Å². The van der Waals surface area contributed by atoms with Crippen molar-refractivity contribution in [1.82, 2.24) is 4.90 Å². The van der Waals surface area contributed by atoms with E-state index in [2.05, 4.69) is 0 Å². The molecular formula is C30H26FNO4. The summed E-state index contributed by atoms with van der Waals surface area (Å²) in [4.78, 5) is 27.0. The Labute approximate surface area is 209 Å². The number of carbonyl (C=O) groups is 2. The van der Waals surface area contributed by atoms with Crippen LogP contribution in [0.25, 0.3) is 0 Å². The Morgan fingerprint density at radius 1 is 0.722 bits per heavy atom. The van der Waals surface area contributed by atoms with E-state index >= 15 is 0 Å². The molecule has 4 aromatic rings. The molecule has 5 nitrogen and oxygen atoms in total. The third-order valence-electron chi connectivity index (χ3n) is 5.71. The average molecular weight is 484 g/mol. The van der Waals surface area contributed by atoms with E-state index in [1.165, 1.54) is 13.2 Å². The molecule has 0 aliphatic rings. The van der Waals surface area contributed by atoms with E-state index < -0.39 is 5.97 Å². The Hall–Kier alpha value is -4.45. The van der Waals surface area contributed by atoms with Gasteiger partial charge in [-0.3, -0.25) is 4.79 Å². The molecule has 0 radical (unpaired) electrons. The van der Waals surface area contributed by atoms with E-state index in [-0.39, 0.29) is 18.3 Å². The number of amides is 1. The molecule has 0 spiro atoms. The standard InChI is InChI=1S/C30H26FNO4/c1-35-30(34)25-13-11-23(12-14-25)20-32(19-22-7-3-2-4-8-22)29(33)24-15-17-27(18-16-24)36-21-26-9-5-6-10-28(26)31/h2-18H,19-21H2,1H3. The van der Waals surface area contributed by atoms with Gasteiger partial charge in [0.05, 0.1) is 12.7 Å². The number of hydrogen-bond donors (Lipinski definition) is 0. The zero-order valence-corrected chi connectivity index (χ0v) is 19.9. The maximum atomic E-state index is 13.8. The van der Waals surface area contributed by atoms with Crippen LogP contribution in [0.1, 0.15) is 37.4 Å². The second-order valence-electron chi connectivity index (χ2n) is 8.24. The number of esters is 1. The Morgan fingerprint density at radius 2 is 1.31 bits per heavy atom. The topological polar surface area (TPSA) is 55.8 Å². The van der Waals surface area contributed by atoms with Crippen LogP contribution in [0.5, 0.6) is 5.75 Å². The molecule has 0 aliphatic heterocycles. The summed E-state index contributed by atoms with van der Waals surface area (Å²) in [5.41, 5.74) is 3.31. The zero-order chi connectivity index (χ0) is 25.3. The number of ether oxygens (including phenoxy) is 2. The first-order chi connectivity index (χ1) is 17.5. The fourth-order valence-electron chi connectivity index (χ4n) is 3.74. The largest absolute Gasteiger partial charge is 0.489 e. The Balaban J connectivity index is 1.49. The van der Waals surface area contributed by atoms with Crippen molar-refractivity contribution >= 4 is 11.9 Å². The molecule has 1 amide bonds. The van der Waals surface area contributed by atoms with Crippen LogP contribution in [-0.4, -0.2) is 23.9 Å². The van der Waals surface area contributed by atoms with Gasteiger partial charge >= 0.3 is 5.97 Å². The number of carbonyl (C=O) groups excluding carboxylic acids is 2. The molecule has 0 unspecified atom stereocenters. The minimum atomic E-state index is -0.406. The summed E-state index contributed by atoms with van der Waals surface area (Å²) >= 11 is 0. The maximum absolute atomic E-state index is 13.8. The third-order valence-corrected chi connectivity index (χ3v) is 5.71. The van der Waals surface area contributed by atoms with Crippen LogP contribution < -0.4 is 4.74 Å². The fourth-order valence-corrected chi connectivity index (χ4v) is 3.74. The second-order valence-corrected chi connectivity index (χ2v) is 8.24. The highest BCUT2D eigenvalue weighted by atomic mass is 19.1. The van der Waals surface area contributed by atoms with Gasteiger partial charge in [-0.05, 0) is 53.6 Å². The van der Waals surface area contributed by atoms with E-state index in [1.807, 2.05) is 42.5 Å². The lowest BCUT2D eigenvalue weighted by atomic mass is 10.1. The van der Waals surface area contributed by atoms with Gasteiger partial charge in [0.15, 0.2) is 0 Å². The number of rotatable bonds is 9. The van der Waals surface area contributed by atoms with Crippen molar-refractivity contribution in [3.05, 3.63) is 137 Å². The van der Waals surface area contributed by atoms with Crippen molar-refractivity contribution in [3.8, 4) is 5.75 Å². The summed E-state index contributed by atoms with van der Waals surface area (Å²) in [5, 5.41) is 0. The lowest BCUT2D eigenvalue weighted by Gasteiger charge is -2.23. The van der Waals surface area contributed by atoms with Crippen LogP contribution in [0.15, 0.2) is 103 Å². The normalized spacial score (nSPS) is 10.5. The molecule has 0 saturated heterocycles. The maximum Gasteiger partial charge on any atom is 0.337 e. The third kappa shape index (κ3) is 6.36. The number of methoxy groups -OCH3 is 1. The number of halogens is 1. The molecule has 4 aromatic carbocycles. The SMILES string of the molecule is COC(=O)c1ccc(CN(Cc2ccccc2)C(=O)c2ccc(OCc3ccccc3F)cc2)cc1. The highest BCUT2D eigenvalue weighted by Crippen LogP contribution is 2.19. The molecule has 182 valence electrons. The smallest absolute Gasteiger partial charge is 0.337 e. The summed E-state index contributed by atoms with van der Waals surface area (Å²) in [7, 11) is 1.34. The average Bonchev–Trinajstić information content (AvgIpc) is 2.92. The van der Waals surface area contributed by atoms with Crippen LogP contribution in [0.3, 0.4) is 0 Å². The molecule has 0 aliphatic carbocycles. The fraction of sp³-hybridized carbons (Fsp3) is 0.133. The minimum absolute atomic E-state index is 0.0989. The lowest BCUT2D eigenvalue weighted by Crippen LogP contribution is -2.30. The quantitative estimate of drug-likeness (QED) is 0.273. The summed E-state index contributed by atoms with van der Waals surface area (Å²) in [5.74, 6) is -0.323. The van der Waals surface area contributed by atoms with Gasteiger partial charge in [-0.15, -0.1) is 0 Å². The Bertz CT molecular complexity index is 1310. The molecule has 0 atom stereocenters. The molecule has 0 aromatic heterocycles. The van der Waals surface area contributed by atoms with Gasteiger partial charge in [-0.25, -0.2) is 9.18 Å². The van der Waals surface area contributed by atoms with Crippen molar-refractivity contribution in [1.29, 1.82) is 0 Å². The van der Waals surface area contributed by atoms with Gasteiger partial charge in [0.1, 0.15) is 18.2 Å². The van der Waals surface area contributed by atoms with Gasteiger partial charge in [0, 0.05) is 24.2 Å². The lowest BCUT2D eigenvalue weighted by molar-refractivity contribution is 0.0600. The molecule has 0 bridgehead atoms. The summed E-state index contributed by atoms with van der Waals surface area (Å²) < 4.78 is 24.3. The van der Waals surface area contributed by atoms with Crippen LogP contribution in [0, 0.1) is 5.82 Å². The Morgan fingerprint density at radius 3 is 1.94 bits per heavy atom. The van der Waals surface area contributed by atoms with E-state index in [9.17, 15) is 14.0 Å².